The highest BCUT2D eigenvalue weighted by molar-refractivity contribution is 6.30. The van der Waals surface area contributed by atoms with Gasteiger partial charge in [0.15, 0.2) is 5.76 Å². The van der Waals surface area contributed by atoms with Crippen LogP contribution < -0.4 is 5.32 Å². The molecule has 0 saturated carbocycles. The molecule has 162 valence electrons. The lowest BCUT2D eigenvalue weighted by Gasteiger charge is -2.42. The van der Waals surface area contributed by atoms with Gasteiger partial charge in [0.25, 0.3) is 5.91 Å². The average Bonchev–Trinajstić information content (AvgIpc) is 3.16. The van der Waals surface area contributed by atoms with Crippen LogP contribution in [0.2, 0.25) is 5.02 Å². The van der Waals surface area contributed by atoms with E-state index in [1.165, 1.54) is 35.1 Å². The first kappa shape index (κ1) is 21.7. The van der Waals surface area contributed by atoms with Gasteiger partial charge in [-0.1, -0.05) is 57.5 Å². The van der Waals surface area contributed by atoms with Gasteiger partial charge in [0.1, 0.15) is 5.76 Å². The zero-order chi connectivity index (χ0) is 22.4. The molecule has 0 atom stereocenters. The normalized spacial score (nSPS) is 16.6. The molecule has 31 heavy (non-hydrogen) atoms. The van der Waals surface area contributed by atoms with Gasteiger partial charge in [-0.3, -0.25) is 4.79 Å². The maximum absolute atomic E-state index is 12.6. The topological polar surface area (TPSA) is 42.2 Å². The van der Waals surface area contributed by atoms with Gasteiger partial charge >= 0.3 is 0 Å². The Kier molecular flexibility index (Phi) is 5.51. The number of rotatable bonds is 4. The van der Waals surface area contributed by atoms with Gasteiger partial charge in [-0.15, -0.1) is 0 Å². The molecule has 3 nitrogen and oxygen atoms in total. The van der Waals surface area contributed by atoms with Crippen LogP contribution >= 0.6 is 11.6 Å². The molecule has 1 aromatic heterocycles. The minimum atomic E-state index is -0.279. The van der Waals surface area contributed by atoms with Gasteiger partial charge in [-0.2, -0.15) is 0 Å². The predicted octanol–water partition coefficient (Wildman–Crippen LogP) is 7.43. The van der Waals surface area contributed by atoms with Gasteiger partial charge in [-0.25, -0.2) is 0 Å². The van der Waals surface area contributed by atoms with Crippen molar-refractivity contribution in [1.29, 1.82) is 0 Å². The molecule has 4 rings (SSSR count). The maximum atomic E-state index is 12.6. The summed E-state index contributed by atoms with van der Waals surface area (Å²) < 4.78 is 5.90. The van der Waals surface area contributed by atoms with E-state index in [0.29, 0.717) is 22.9 Å². The quantitative estimate of drug-likeness (QED) is 0.462. The number of hydrogen-bond donors (Lipinski definition) is 1. The summed E-state index contributed by atoms with van der Waals surface area (Å²) in [6.45, 7) is 11.5. The molecule has 0 fully saturated rings. The smallest absolute Gasteiger partial charge is 0.291 e. The number of fused-ring (bicyclic) bond motifs is 1. The Morgan fingerprint density at radius 1 is 1.00 bits per heavy atom. The molecular formula is C27H30ClNO2. The number of halogens is 1. The molecule has 0 aliphatic heterocycles. The van der Waals surface area contributed by atoms with Crippen molar-refractivity contribution in [3.8, 4) is 0 Å². The molecule has 1 aliphatic carbocycles. The van der Waals surface area contributed by atoms with Crippen LogP contribution in [0.1, 0.15) is 79.1 Å². The van der Waals surface area contributed by atoms with Gasteiger partial charge in [0.05, 0.1) is 0 Å². The fourth-order valence-electron chi connectivity index (χ4n) is 4.50. The minimum absolute atomic E-state index is 0.165. The standard InChI is InChI=1S/C27H30ClNO2/c1-17-13-22-23(27(4,5)12-11-26(22,2)3)15-18(17)14-21-9-10-24(31-21)25(30)29-20-8-6-7-19(28)16-20/h6-10,13,15-16H,11-12,14H2,1-5H3,(H,29,30). The zero-order valence-corrected chi connectivity index (χ0v) is 19.7. The average molecular weight is 436 g/mol. The fourth-order valence-corrected chi connectivity index (χ4v) is 4.69. The van der Waals surface area contributed by atoms with Crippen LogP contribution in [0.5, 0.6) is 0 Å². The van der Waals surface area contributed by atoms with E-state index in [0.717, 1.165) is 5.76 Å². The molecule has 0 unspecified atom stereocenters. The molecule has 1 amide bonds. The first-order valence-corrected chi connectivity index (χ1v) is 11.2. The summed E-state index contributed by atoms with van der Waals surface area (Å²) in [5.74, 6) is 0.804. The Hall–Kier alpha value is -2.52. The van der Waals surface area contributed by atoms with Crippen molar-refractivity contribution in [3.05, 3.63) is 87.3 Å². The Balaban J connectivity index is 1.57. The van der Waals surface area contributed by atoms with Crippen molar-refractivity contribution < 1.29 is 9.21 Å². The molecule has 3 aromatic rings. The largest absolute Gasteiger partial charge is 0.456 e. The summed E-state index contributed by atoms with van der Waals surface area (Å²) in [6, 6.07) is 15.4. The SMILES string of the molecule is Cc1cc2c(cc1Cc1ccc(C(=O)Nc3cccc(Cl)c3)o1)C(C)(C)CCC2(C)C. The lowest BCUT2D eigenvalue weighted by atomic mass is 9.62. The van der Waals surface area contributed by atoms with Crippen LogP contribution in [0, 0.1) is 6.92 Å². The number of carbonyl (C=O) groups excluding carboxylic acids is 1. The Labute approximate surface area is 189 Å². The number of amides is 1. The van der Waals surface area contributed by atoms with Gasteiger partial charge < -0.3 is 9.73 Å². The summed E-state index contributed by atoms with van der Waals surface area (Å²) >= 11 is 6.00. The number of furan rings is 1. The van der Waals surface area contributed by atoms with Crippen LogP contribution in [0.4, 0.5) is 5.69 Å². The summed E-state index contributed by atoms with van der Waals surface area (Å²) in [6.07, 6.45) is 3.05. The highest BCUT2D eigenvalue weighted by Gasteiger charge is 2.37. The van der Waals surface area contributed by atoms with Crippen LogP contribution in [-0.2, 0) is 17.3 Å². The maximum Gasteiger partial charge on any atom is 0.291 e. The highest BCUT2D eigenvalue weighted by Crippen LogP contribution is 2.46. The van der Waals surface area contributed by atoms with E-state index in [1.807, 2.05) is 6.07 Å². The monoisotopic (exact) mass is 435 g/mol. The van der Waals surface area contributed by atoms with E-state index in [2.05, 4.69) is 52.1 Å². The van der Waals surface area contributed by atoms with Gasteiger partial charge in [0, 0.05) is 17.1 Å². The minimum Gasteiger partial charge on any atom is -0.456 e. The second kappa shape index (κ2) is 7.87. The van der Waals surface area contributed by atoms with E-state index in [4.69, 9.17) is 16.0 Å². The van der Waals surface area contributed by atoms with Gasteiger partial charge in [-0.05, 0) is 83.2 Å². The molecule has 1 aliphatic rings. The summed E-state index contributed by atoms with van der Waals surface area (Å²) in [7, 11) is 0. The Morgan fingerprint density at radius 2 is 1.68 bits per heavy atom. The summed E-state index contributed by atoms with van der Waals surface area (Å²) in [5.41, 5.74) is 6.43. The number of hydrogen-bond acceptors (Lipinski definition) is 2. The Bertz CT molecular complexity index is 1140. The van der Waals surface area contributed by atoms with Crippen molar-refractivity contribution in [3.63, 3.8) is 0 Å². The third-order valence-corrected chi connectivity index (χ3v) is 6.88. The van der Waals surface area contributed by atoms with E-state index in [9.17, 15) is 4.79 Å². The molecule has 0 radical (unpaired) electrons. The van der Waals surface area contributed by atoms with E-state index in [1.54, 1.807) is 30.3 Å². The molecule has 0 saturated heterocycles. The lowest BCUT2D eigenvalue weighted by molar-refractivity contribution is 0.0995. The highest BCUT2D eigenvalue weighted by atomic mass is 35.5. The second-order valence-corrected chi connectivity index (χ2v) is 10.4. The van der Waals surface area contributed by atoms with Crippen molar-refractivity contribution in [2.24, 2.45) is 0 Å². The first-order valence-electron chi connectivity index (χ1n) is 10.9. The van der Waals surface area contributed by atoms with Gasteiger partial charge in [0.2, 0.25) is 0 Å². The molecule has 0 bridgehead atoms. The number of anilines is 1. The van der Waals surface area contributed by atoms with E-state index < -0.39 is 0 Å². The van der Waals surface area contributed by atoms with Crippen molar-refractivity contribution in [2.45, 2.75) is 64.7 Å². The molecule has 4 heteroatoms. The number of aryl methyl sites for hydroxylation is 1. The van der Waals surface area contributed by atoms with E-state index >= 15 is 0 Å². The van der Waals surface area contributed by atoms with Crippen molar-refractivity contribution in [1.82, 2.24) is 0 Å². The van der Waals surface area contributed by atoms with Crippen molar-refractivity contribution in [2.75, 3.05) is 5.32 Å². The zero-order valence-electron chi connectivity index (χ0n) is 18.9. The molecule has 1 N–H and O–H groups in total. The Morgan fingerprint density at radius 3 is 2.35 bits per heavy atom. The second-order valence-electron chi connectivity index (χ2n) is 10.00. The number of nitrogens with one attached hydrogen (secondary N) is 1. The summed E-state index contributed by atoms with van der Waals surface area (Å²) in [4.78, 5) is 12.6. The molecular weight excluding hydrogens is 406 g/mol. The third kappa shape index (κ3) is 4.43. The third-order valence-electron chi connectivity index (χ3n) is 6.64. The molecule has 1 heterocycles. The molecule has 0 spiro atoms. The fraction of sp³-hybridized carbons (Fsp3) is 0.370. The molecule has 2 aromatic carbocycles. The predicted molar refractivity (Wildman–Crippen MR) is 127 cm³/mol. The number of benzene rings is 2. The van der Waals surface area contributed by atoms with Crippen LogP contribution in [0.15, 0.2) is 52.9 Å². The van der Waals surface area contributed by atoms with Crippen molar-refractivity contribution >= 4 is 23.2 Å². The van der Waals surface area contributed by atoms with Crippen LogP contribution in [0.3, 0.4) is 0 Å². The van der Waals surface area contributed by atoms with Crippen LogP contribution in [-0.4, -0.2) is 5.91 Å². The summed E-state index contributed by atoms with van der Waals surface area (Å²) in [5, 5.41) is 3.41. The number of carbonyl (C=O) groups is 1. The first-order chi connectivity index (χ1) is 14.5. The van der Waals surface area contributed by atoms with Crippen LogP contribution in [0.25, 0.3) is 0 Å². The van der Waals surface area contributed by atoms with E-state index in [-0.39, 0.29) is 16.7 Å². The lowest BCUT2D eigenvalue weighted by Crippen LogP contribution is -2.34.